The van der Waals surface area contributed by atoms with Crippen molar-refractivity contribution in [1.82, 2.24) is 5.32 Å². The summed E-state index contributed by atoms with van der Waals surface area (Å²) in [5, 5.41) is 16.5. The highest BCUT2D eigenvalue weighted by atomic mass is 32.1. The molecule has 0 saturated heterocycles. The number of fused-ring (bicyclic) bond motifs is 1. The standard InChI is InChI=1S/C25H22F2N4O5S/c1-13-2-4-15(26)18(10-13)31-25(35)30-17-5-3-14(11-16(17)27)36-20-6-8-28-19-12-21(37-23(19)20)24(34)29-9-7-22(32)33/h2-5,10-12H,6-9H2,1H3,(H,29,34)(H,32,33)(H2,30,31,35). The number of amides is 3. The average Bonchev–Trinajstić information content (AvgIpc) is 3.28. The summed E-state index contributed by atoms with van der Waals surface area (Å²) in [4.78, 5) is 39.9. The van der Waals surface area contributed by atoms with Gasteiger partial charge in [0.2, 0.25) is 0 Å². The topological polar surface area (TPSA) is 129 Å². The second-order valence-electron chi connectivity index (χ2n) is 8.09. The smallest absolute Gasteiger partial charge is 0.323 e. The number of carboxylic acid groups (broad SMARTS) is 1. The van der Waals surface area contributed by atoms with Gasteiger partial charge in [0.05, 0.1) is 32.6 Å². The van der Waals surface area contributed by atoms with Gasteiger partial charge < -0.3 is 25.8 Å². The Bertz CT molecular complexity index is 1510. The Morgan fingerprint density at radius 1 is 1.05 bits per heavy atom. The third kappa shape index (κ3) is 6.47. The van der Waals surface area contributed by atoms with Gasteiger partial charge in [-0.05, 0) is 42.8 Å². The molecule has 9 nitrogen and oxygen atoms in total. The number of aliphatic carboxylic acids is 1. The summed E-state index contributed by atoms with van der Waals surface area (Å²) in [6, 6.07) is 8.93. The molecule has 2 heterocycles. The SMILES string of the molecule is Cc1ccc(F)c(NC(=O)Nc2ccc(OC3=c4sc(C(=O)NCCC(=O)O)cc4=NCC3)cc2F)c1. The lowest BCUT2D eigenvalue weighted by atomic mass is 10.2. The van der Waals surface area contributed by atoms with Crippen molar-refractivity contribution in [3.8, 4) is 5.75 Å². The van der Waals surface area contributed by atoms with Gasteiger partial charge in [-0.3, -0.25) is 14.6 Å². The molecule has 0 spiro atoms. The fourth-order valence-corrected chi connectivity index (χ4v) is 4.52. The summed E-state index contributed by atoms with van der Waals surface area (Å²) < 4.78 is 35.1. The van der Waals surface area contributed by atoms with E-state index >= 15 is 0 Å². The van der Waals surface area contributed by atoms with Gasteiger partial charge >= 0.3 is 12.0 Å². The molecule has 3 aromatic rings. The van der Waals surface area contributed by atoms with Gasteiger partial charge in [-0.25, -0.2) is 13.6 Å². The van der Waals surface area contributed by atoms with Crippen LogP contribution in [-0.2, 0) is 4.79 Å². The molecule has 1 aliphatic heterocycles. The first-order chi connectivity index (χ1) is 17.7. The van der Waals surface area contributed by atoms with Crippen molar-refractivity contribution in [3.63, 3.8) is 0 Å². The molecule has 0 bridgehead atoms. The summed E-state index contributed by atoms with van der Waals surface area (Å²) in [5.74, 6) is -2.12. The van der Waals surface area contributed by atoms with Crippen LogP contribution in [0.2, 0.25) is 0 Å². The largest absolute Gasteiger partial charge is 0.481 e. The molecular weight excluding hydrogens is 506 g/mol. The molecule has 1 aromatic heterocycles. The first-order valence-corrected chi connectivity index (χ1v) is 12.0. The molecule has 37 heavy (non-hydrogen) atoms. The Balaban J connectivity index is 1.46. The molecule has 192 valence electrons. The van der Waals surface area contributed by atoms with E-state index in [0.717, 1.165) is 23.0 Å². The Morgan fingerprint density at radius 2 is 1.84 bits per heavy atom. The third-order valence-corrected chi connectivity index (χ3v) is 6.40. The minimum absolute atomic E-state index is 0.00143. The molecule has 2 aromatic carbocycles. The predicted octanol–water partition coefficient (Wildman–Crippen LogP) is 3.39. The third-order valence-electron chi connectivity index (χ3n) is 5.23. The van der Waals surface area contributed by atoms with Gasteiger partial charge in [0, 0.05) is 25.6 Å². The maximum atomic E-state index is 14.7. The molecular formula is C25H22F2N4O5S. The fourth-order valence-electron chi connectivity index (χ4n) is 3.48. The van der Waals surface area contributed by atoms with Crippen molar-refractivity contribution in [2.24, 2.45) is 4.99 Å². The first-order valence-electron chi connectivity index (χ1n) is 11.2. The minimum Gasteiger partial charge on any atom is -0.481 e. The van der Waals surface area contributed by atoms with Crippen molar-refractivity contribution in [2.45, 2.75) is 19.8 Å². The summed E-state index contributed by atoms with van der Waals surface area (Å²) in [6.45, 7) is 2.16. The first kappa shape index (κ1) is 25.8. The number of carbonyl (C=O) groups excluding carboxylic acids is 2. The Kier molecular flexibility index (Phi) is 7.77. The van der Waals surface area contributed by atoms with E-state index in [1.54, 1.807) is 19.1 Å². The van der Waals surface area contributed by atoms with E-state index in [4.69, 9.17) is 9.84 Å². The number of ether oxygens (including phenoxy) is 1. The molecule has 0 saturated carbocycles. The number of carboxylic acids is 1. The molecule has 0 unspecified atom stereocenters. The van der Waals surface area contributed by atoms with Crippen LogP contribution in [0.1, 0.15) is 28.1 Å². The molecule has 0 radical (unpaired) electrons. The Morgan fingerprint density at radius 3 is 2.59 bits per heavy atom. The number of thiophene rings is 1. The normalized spacial score (nSPS) is 12.2. The second-order valence-corrected chi connectivity index (χ2v) is 9.14. The summed E-state index contributed by atoms with van der Waals surface area (Å²) >= 11 is 1.14. The minimum atomic E-state index is -1.01. The molecule has 0 aliphatic carbocycles. The van der Waals surface area contributed by atoms with Crippen LogP contribution in [0.15, 0.2) is 47.5 Å². The van der Waals surface area contributed by atoms with Crippen LogP contribution in [-0.4, -0.2) is 36.1 Å². The van der Waals surface area contributed by atoms with E-state index in [1.807, 2.05) is 0 Å². The quantitative estimate of drug-likeness (QED) is 0.356. The Labute approximate surface area is 213 Å². The van der Waals surface area contributed by atoms with E-state index < -0.39 is 29.5 Å². The van der Waals surface area contributed by atoms with Gasteiger partial charge in [0.1, 0.15) is 23.1 Å². The maximum absolute atomic E-state index is 14.7. The fraction of sp³-hybridized carbons (Fsp3) is 0.200. The van der Waals surface area contributed by atoms with Crippen molar-refractivity contribution >= 4 is 46.4 Å². The number of nitrogens with one attached hydrogen (secondary N) is 3. The number of hydrogen-bond acceptors (Lipinski definition) is 6. The van der Waals surface area contributed by atoms with Crippen molar-refractivity contribution in [1.29, 1.82) is 0 Å². The lowest BCUT2D eigenvalue weighted by molar-refractivity contribution is -0.136. The predicted molar refractivity (Wildman–Crippen MR) is 133 cm³/mol. The molecule has 4 rings (SSSR count). The zero-order chi connectivity index (χ0) is 26.5. The van der Waals surface area contributed by atoms with Crippen LogP contribution in [0.3, 0.4) is 0 Å². The van der Waals surface area contributed by atoms with Crippen LogP contribution >= 0.6 is 11.3 Å². The molecule has 4 N–H and O–H groups in total. The van der Waals surface area contributed by atoms with Gasteiger partial charge in [-0.2, -0.15) is 0 Å². The molecule has 1 aliphatic rings. The number of aryl methyl sites for hydroxylation is 1. The van der Waals surface area contributed by atoms with Gasteiger partial charge in [-0.15, -0.1) is 11.3 Å². The second kappa shape index (κ2) is 11.2. The summed E-state index contributed by atoms with van der Waals surface area (Å²) in [7, 11) is 0. The Hall–Kier alpha value is -4.32. The number of carbonyl (C=O) groups is 3. The van der Waals surface area contributed by atoms with E-state index in [0.29, 0.717) is 33.5 Å². The zero-order valence-electron chi connectivity index (χ0n) is 19.6. The number of benzene rings is 2. The number of hydrogen-bond donors (Lipinski definition) is 4. The zero-order valence-corrected chi connectivity index (χ0v) is 20.4. The van der Waals surface area contributed by atoms with Crippen LogP contribution < -0.4 is 30.6 Å². The van der Waals surface area contributed by atoms with Crippen molar-refractivity contribution in [2.75, 3.05) is 23.7 Å². The highest BCUT2D eigenvalue weighted by Crippen LogP contribution is 2.24. The number of rotatable bonds is 8. The van der Waals surface area contributed by atoms with E-state index in [9.17, 15) is 23.2 Å². The van der Waals surface area contributed by atoms with Crippen LogP contribution in [0.25, 0.3) is 5.76 Å². The van der Waals surface area contributed by atoms with Gasteiger partial charge in [0.15, 0.2) is 0 Å². The van der Waals surface area contributed by atoms with Crippen LogP contribution in [0.5, 0.6) is 5.75 Å². The molecule has 0 fully saturated rings. The van der Waals surface area contributed by atoms with Crippen molar-refractivity contribution < 1.29 is 33.0 Å². The lowest BCUT2D eigenvalue weighted by Gasteiger charge is -2.13. The van der Waals surface area contributed by atoms with Crippen LogP contribution in [0, 0.1) is 18.6 Å². The van der Waals surface area contributed by atoms with E-state index in [-0.39, 0.29) is 30.1 Å². The lowest BCUT2D eigenvalue weighted by Crippen LogP contribution is -2.28. The number of halogens is 2. The van der Waals surface area contributed by atoms with Crippen LogP contribution in [0.4, 0.5) is 25.0 Å². The number of nitrogens with zero attached hydrogens (tertiary/aromatic N) is 1. The number of anilines is 2. The average molecular weight is 529 g/mol. The highest BCUT2D eigenvalue weighted by molar-refractivity contribution is 7.12. The van der Waals surface area contributed by atoms with Gasteiger partial charge in [-0.1, -0.05) is 6.07 Å². The highest BCUT2D eigenvalue weighted by Gasteiger charge is 2.17. The van der Waals surface area contributed by atoms with Crippen molar-refractivity contribution in [3.05, 3.63) is 74.4 Å². The molecule has 12 heteroatoms. The monoisotopic (exact) mass is 528 g/mol. The molecule has 3 amide bonds. The number of urea groups is 1. The maximum Gasteiger partial charge on any atom is 0.323 e. The van der Waals surface area contributed by atoms with E-state index in [2.05, 4.69) is 20.9 Å². The molecule has 0 atom stereocenters. The van der Waals surface area contributed by atoms with Gasteiger partial charge in [0.25, 0.3) is 5.91 Å². The summed E-state index contributed by atoms with van der Waals surface area (Å²) in [6.07, 6.45) is 0.238. The van der Waals surface area contributed by atoms with E-state index in [1.165, 1.54) is 24.3 Å². The summed E-state index contributed by atoms with van der Waals surface area (Å²) in [5.41, 5.74) is 0.592.